The lowest BCUT2D eigenvalue weighted by Gasteiger charge is -2.23. The molecule has 3 unspecified atom stereocenters. The van der Waals surface area contributed by atoms with Gasteiger partial charge in [-0.2, -0.15) is 0 Å². The molecule has 0 aliphatic carbocycles. The van der Waals surface area contributed by atoms with Crippen molar-refractivity contribution in [2.75, 3.05) is 0 Å². The Kier molecular flexibility index (Phi) is 9.14. The molecule has 0 aliphatic rings. The Balaban J connectivity index is 2.96. The molecule has 28 heavy (non-hydrogen) atoms. The number of aromatic hydroxyl groups is 1. The Morgan fingerprint density at radius 3 is 2.11 bits per heavy atom. The number of hydrogen-bond acceptors (Lipinski definition) is 5. The number of nitrogens with one attached hydrogen (secondary N) is 2. The molecule has 8 heteroatoms. The van der Waals surface area contributed by atoms with E-state index in [1.165, 1.54) is 19.1 Å². The Labute approximate surface area is 164 Å². The van der Waals surface area contributed by atoms with Crippen LogP contribution in [-0.2, 0) is 25.6 Å². The van der Waals surface area contributed by atoms with Gasteiger partial charge in [0.1, 0.15) is 11.8 Å². The van der Waals surface area contributed by atoms with Crippen LogP contribution in [0.15, 0.2) is 24.3 Å². The first-order valence-corrected chi connectivity index (χ1v) is 9.31. The van der Waals surface area contributed by atoms with Crippen LogP contribution in [-0.4, -0.2) is 40.7 Å². The van der Waals surface area contributed by atoms with E-state index in [0.717, 1.165) is 12.0 Å². The summed E-state index contributed by atoms with van der Waals surface area (Å²) in [6.07, 6.45) is 1.25. The van der Waals surface area contributed by atoms with Gasteiger partial charge < -0.3 is 21.5 Å². The van der Waals surface area contributed by atoms with Gasteiger partial charge in [-0.05, 0) is 31.0 Å². The Morgan fingerprint density at radius 2 is 1.61 bits per heavy atom. The average molecular weight is 391 g/mol. The van der Waals surface area contributed by atoms with Crippen LogP contribution in [0.4, 0.5) is 0 Å². The molecule has 0 saturated carbocycles. The molecule has 1 rings (SSSR count). The molecule has 0 spiro atoms. The molecule has 1 aromatic carbocycles. The van der Waals surface area contributed by atoms with Crippen molar-refractivity contribution < 1.29 is 24.3 Å². The summed E-state index contributed by atoms with van der Waals surface area (Å²) in [6, 6.07) is 4.69. The lowest BCUT2D eigenvalue weighted by atomic mass is 10.0. The van der Waals surface area contributed by atoms with Crippen LogP contribution in [0, 0.1) is 5.92 Å². The zero-order valence-electron chi connectivity index (χ0n) is 16.5. The molecule has 1 aromatic rings. The molecule has 5 N–H and O–H groups in total. The van der Waals surface area contributed by atoms with Crippen molar-refractivity contribution in [3.63, 3.8) is 0 Å². The summed E-state index contributed by atoms with van der Waals surface area (Å²) in [4.78, 5) is 48.0. The van der Waals surface area contributed by atoms with Gasteiger partial charge in [0.15, 0.2) is 5.78 Å². The summed E-state index contributed by atoms with van der Waals surface area (Å²) < 4.78 is 0. The summed E-state index contributed by atoms with van der Waals surface area (Å²) in [5.41, 5.74) is 5.85. The van der Waals surface area contributed by atoms with E-state index in [1.807, 2.05) is 6.92 Å². The summed E-state index contributed by atoms with van der Waals surface area (Å²) in [6.45, 7) is 4.86. The number of rotatable bonds is 11. The van der Waals surface area contributed by atoms with Crippen LogP contribution in [0.5, 0.6) is 5.75 Å². The van der Waals surface area contributed by atoms with Crippen molar-refractivity contribution in [3.05, 3.63) is 29.8 Å². The number of phenols is 1. The van der Waals surface area contributed by atoms with Crippen molar-refractivity contribution in [3.8, 4) is 5.75 Å². The lowest BCUT2D eigenvalue weighted by molar-refractivity contribution is -0.133. The molecular formula is C20H29N3O5. The largest absolute Gasteiger partial charge is 0.508 e. The number of nitrogens with two attached hydrogens (primary N) is 1. The molecule has 154 valence electrons. The molecule has 8 nitrogen and oxygen atoms in total. The molecule has 0 radical (unpaired) electrons. The van der Waals surface area contributed by atoms with Crippen LogP contribution in [0.2, 0.25) is 0 Å². The second-order valence-electron chi connectivity index (χ2n) is 6.96. The quantitative estimate of drug-likeness (QED) is 0.442. The lowest BCUT2D eigenvalue weighted by Crippen LogP contribution is -2.53. The third-order valence-corrected chi connectivity index (χ3v) is 4.35. The minimum atomic E-state index is -0.939. The van der Waals surface area contributed by atoms with E-state index in [9.17, 15) is 24.3 Å². The molecule has 0 saturated heterocycles. The smallest absolute Gasteiger partial charge is 0.243 e. The Hall–Kier alpha value is -2.90. The maximum atomic E-state index is 12.8. The third kappa shape index (κ3) is 7.77. The Bertz CT molecular complexity index is 702. The van der Waals surface area contributed by atoms with Crippen LogP contribution in [0.3, 0.4) is 0 Å². The number of amides is 3. The van der Waals surface area contributed by atoms with Crippen molar-refractivity contribution in [1.82, 2.24) is 10.6 Å². The second kappa shape index (κ2) is 11.1. The molecule has 3 atom stereocenters. The number of primary amides is 1. The molecule has 0 aliphatic heterocycles. The average Bonchev–Trinajstić information content (AvgIpc) is 2.61. The van der Waals surface area contributed by atoms with Crippen LogP contribution in [0.25, 0.3) is 0 Å². The van der Waals surface area contributed by atoms with Gasteiger partial charge in [-0.15, -0.1) is 0 Å². The van der Waals surface area contributed by atoms with E-state index in [4.69, 9.17) is 5.73 Å². The highest BCUT2D eigenvalue weighted by Crippen LogP contribution is 2.12. The minimum absolute atomic E-state index is 0.0865. The van der Waals surface area contributed by atoms with E-state index in [-0.39, 0.29) is 24.4 Å². The van der Waals surface area contributed by atoms with Crippen LogP contribution < -0.4 is 16.4 Å². The first-order valence-electron chi connectivity index (χ1n) is 9.31. The van der Waals surface area contributed by atoms with E-state index >= 15 is 0 Å². The third-order valence-electron chi connectivity index (χ3n) is 4.35. The van der Waals surface area contributed by atoms with Gasteiger partial charge in [0.25, 0.3) is 0 Å². The van der Waals surface area contributed by atoms with Crippen LogP contribution >= 0.6 is 0 Å². The second-order valence-corrected chi connectivity index (χ2v) is 6.96. The zero-order chi connectivity index (χ0) is 21.3. The van der Waals surface area contributed by atoms with E-state index in [0.29, 0.717) is 6.42 Å². The van der Waals surface area contributed by atoms with E-state index in [1.54, 1.807) is 19.1 Å². The van der Waals surface area contributed by atoms with Gasteiger partial charge in [0, 0.05) is 18.8 Å². The first kappa shape index (κ1) is 23.1. The van der Waals surface area contributed by atoms with Gasteiger partial charge in [-0.1, -0.05) is 32.4 Å². The molecule has 0 bridgehead atoms. The molecular weight excluding hydrogens is 362 g/mol. The van der Waals surface area contributed by atoms with Gasteiger partial charge in [0.05, 0.1) is 6.04 Å². The van der Waals surface area contributed by atoms with Crippen molar-refractivity contribution in [2.45, 2.75) is 58.5 Å². The molecule has 0 aromatic heterocycles. The van der Waals surface area contributed by atoms with Gasteiger partial charge in [-0.25, -0.2) is 0 Å². The fourth-order valence-electron chi connectivity index (χ4n) is 2.72. The zero-order valence-corrected chi connectivity index (χ0v) is 16.5. The summed E-state index contributed by atoms with van der Waals surface area (Å²) >= 11 is 0. The highest BCUT2D eigenvalue weighted by molar-refractivity contribution is 5.93. The standard InChI is InChI=1S/C20H29N3O5/c1-4-5-16(13(3)24)22-20(28)17(11-14-6-8-15(25)9-7-14)23-19(27)12(2)10-18(21)26/h6-9,12,16-17,25H,4-5,10-11H2,1-3H3,(H2,21,26)(H,22,28)(H,23,27). The maximum absolute atomic E-state index is 12.8. The van der Waals surface area contributed by atoms with E-state index in [2.05, 4.69) is 10.6 Å². The maximum Gasteiger partial charge on any atom is 0.243 e. The SMILES string of the molecule is CCCC(NC(=O)C(Cc1ccc(O)cc1)NC(=O)C(C)CC(N)=O)C(C)=O. The Morgan fingerprint density at radius 1 is 1.04 bits per heavy atom. The first-order chi connectivity index (χ1) is 13.1. The number of carbonyl (C=O) groups excluding carboxylic acids is 4. The molecule has 0 heterocycles. The predicted octanol–water partition coefficient (Wildman–Crippen LogP) is 0.805. The van der Waals surface area contributed by atoms with Gasteiger partial charge >= 0.3 is 0 Å². The minimum Gasteiger partial charge on any atom is -0.508 e. The van der Waals surface area contributed by atoms with Crippen molar-refractivity contribution in [2.24, 2.45) is 11.7 Å². The number of phenolic OH excluding ortho intramolecular Hbond substituents is 1. The van der Waals surface area contributed by atoms with Crippen molar-refractivity contribution in [1.29, 1.82) is 0 Å². The van der Waals surface area contributed by atoms with Gasteiger partial charge in [0.2, 0.25) is 17.7 Å². The highest BCUT2D eigenvalue weighted by Gasteiger charge is 2.27. The monoisotopic (exact) mass is 391 g/mol. The number of ketones is 1. The highest BCUT2D eigenvalue weighted by atomic mass is 16.3. The normalized spacial score (nSPS) is 13.8. The summed E-state index contributed by atoms with van der Waals surface area (Å²) in [5, 5.41) is 14.7. The van der Waals surface area contributed by atoms with Crippen molar-refractivity contribution >= 4 is 23.5 Å². The number of Topliss-reactive ketones (excluding diaryl/α,β-unsaturated/α-hetero) is 1. The molecule has 3 amide bonds. The fraction of sp³-hybridized carbons (Fsp3) is 0.500. The predicted molar refractivity (Wildman–Crippen MR) is 104 cm³/mol. The topological polar surface area (TPSA) is 139 Å². The van der Waals surface area contributed by atoms with Crippen LogP contribution in [0.1, 0.15) is 45.6 Å². The summed E-state index contributed by atoms with van der Waals surface area (Å²) in [7, 11) is 0. The number of hydrogen-bond donors (Lipinski definition) is 4. The number of benzene rings is 1. The fourth-order valence-corrected chi connectivity index (χ4v) is 2.72. The van der Waals surface area contributed by atoms with E-state index < -0.39 is 35.7 Å². The molecule has 0 fully saturated rings. The summed E-state index contributed by atoms with van der Waals surface area (Å²) in [5.74, 6) is -2.34. The van der Waals surface area contributed by atoms with Gasteiger partial charge in [-0.3, -0.25) is 19.2 Å². The number of carbonyl (C=O) groups is 4.